The average Bonchev–Trinajstić information content (AvgIpc) is 2.37. The van der Waals surface area contributed by atoms with Gasteiger partial charge in [0.25, 0.3) is 0 Å². The topological polar surface area (TPSA) is 49.8 Å². The molecule has 1 N–H and O–H groups in total. The third-order valence-corrected chi connectivity index (χ3v) is 3.99. The molecule has 1 atom stereocenters. The van der Waals surface area contributed by atoms with Crippen LogP contribution in [0.4, 0.5) is 0 Å². The van der Waals surface area contributed by atoms with Gasteiger partial charge < -0.3 is 14.7 Å². The molecular weight excluding hydrogens is 238 g/mol. The second-order valence-corrected chi connectivity index (χ2v) is 5.62. The zero-order valence-corrected chi connectivity index (χ0v) is 11.6. The van der Waals surface area contributed by atoms with E-state index in [1.807, 2.05) is 11.2 Å². The fourth-order valence-electron chi connectivity index (χ4n) is 2.37. The molecule has 0 aromatic rings. The van der Waals surface area contributed by atoms with E-state index < -0.39 is 0 Å². The van der Waals surface area contributed by atoms with Crippen LogP contribution < -0.4 is 0 Å². The molecule has 1 aliphatic rings. The van der Waals surface area contributed by atoms with Crippen molar-refractivity contribution in [2.75, 3.05) is 45.4 Å². The van der Waals surface area contributed by atoms with Crippen molar-refractivity contribution >= 4 is 17.7 Å². The number of ether oxygens (including phenoxy) is 1. The zero-order valence-electron chi connectivity index (χ0n) is 10.8. The van der Waals surface area contributed by atoms with E-state index in [-0.39, 0.29) is 17.9 Å². The molecule has 1 heterocycles. The van der Waals surface area contributed by atoms with Gasteiger partial charge in [0, 0.05) is 32.2 Å². The Morgan fingerprint density at radius 3 is 2.94 bits per heavy atom. The van der Waals surface area contributed by atoms with E-state index >= 15 is 0 Å². The highest BCUT2D eigenvalue weighted by Gasteiger charge is 2.36. The van der Waals surface area contributed by atoms with E-state index in [1.54, 1.807) is 18.9 Å². The van der Waals surface area contributed by atoms with Gasteiger partial charge in [0.15, 0.2) is 0 Å². The molecule has 17 heavy (non-hydrogen) atoms. The molecule has 0 bridgehead atoms. The van der Waals surface area contributed by atoms with E-state index in [4.69, 9.17) is 4.74 Å². The molecule has 100 valence electrons. The summed E-state index contributed by atoms with van der Waals surface area (Å²) in [6.07, 6.45) is 4.72. The Bertz CT molecular complexity index is 250. The van der Waals surface area contributed by atoms with Crippen LogP contribution in [0.25, 0.3) is 0 Å². The first-order chi connectivity index (χ1) is 8.17. The maximum absolute atomic E-state index is 11.9. The number of hydrogen-bond acceptors (Lipinski definition) is 4. The predicted molar refractivity (Wildman–Crippen MR) is 70.2 cm³/mol. The summed E-state index contributed by atoms with van der Waals surface area (Å²) in [5.41, 5.74) is -0.150. The Morgan fingerprint density at radius 1 is 1.59 bits per heavy atom. The smallest absolute Gasteiger partial charge is 0.232 e. The molecular formula is C12H23NO3S. The van der Waals surface area contributed by atoms with Crippen molar-refractivity contribution in [3.63, 3.8) is 0 Å². The number of piperidine rings is 1. The number of amides is 1. The van der Waals surface area contributed by atoms with Crippen LogP contribution in [0.2, 0.25) is 0 Å². The van der Waals surface area contributed by atoms with E-state index in [2.05, 4.69) is 0 Å². The van der Waals surface area contributed by atoms with Crippen LogP contribution >= 0.6 is 11.8 Å². The number of methoxy groups -OCH3 is 1. The number of likely N-dealkylation sites (tertiary alicyclic amines) is 1. The van der Waals surface area contributed by atoms with Crippen LogP contribution in [0.1, 0.15) is 19.3 Å². The van der Waals surface area contributed by atoms with Crippen molar-refractivity contribution in [1.82, 2.24) is 4.90 Å². The number of thioether (sulfide) groups is 1. The van der Waals surface area contributed by atoms with Gasteiger partial charge in [-0.25, -0.2) is 0 Å². The van der Waals surface area contributed by atoms with Gasteiger partial charge in [0.1, 0.15) is 0 Å². The first-order valence-electron chi connectivity index (χ1n) is 6.04. The molecule has 0 aliphatic carbocycles. The fourth-order valence-corrected chi connectivity index (χ4v) is 2.80. The van der Waals surface area contributed by atoms with Gasteiger partial charge in [0.05, 0.1) is 12.4 Å². The van der Waals surface area contributed by atoms with Crippen molar-refractivity contribution in [2.24, 2.45) is 5.41 Å². The third kappa shape index (κ3) is 4.16. The molecule has 1 aliphatic heterocycles. The monoisotopic (exact) mass is 261 g/mol. The molecule has 1 rings (SSSR count). The summed E-state index contributed by atoms with van der Waals surface area (Å²) in [7, 11) is 1.67. The molecule has 0 aromatic heterocycles. The number of rotatable bonds is 6. The number of aliphatic hydroxyl groups is 1. The lowest BCUT2D eigenvalue weighted by atomic mass is 9.78. The maximum Gasteiger partial charge on any atom is 0.232 e. The Morgan fingerprint density at radius 2 is 2.35 bits per heavy atom. The summed E-state index contributed by atoms with van der Waals surface area (Å²) in [5, 5.41) is 9.60. The average molecular weight is 261 g/mol. The summed E-state index contributed by atoms with van der Waals surface area (Å²) >= 11 is 1.55. The Kier molecular flexibility index (Phi) is 6.30. The number of carbonyl (C=O) groups is 1. The summed E-state index contributed by atoms with van der Waals surface area (Å²) < 4.78 is 5.10. The maximum atomic E-state index is 11.9. The summed E-state index contributed by atoms with van der Waals surface area (Å²) in [6, 6.07) is 0. The third-order valence-electron chi connectivity index (χ3n) is 3.45. The molecule has 4 nitrogen and oxygen atoms in total. The van der Waals surface area contributed by atoms with Gasteiger partial charge in [-0.15, -0.1) is 0 Å². The summed E-state index contributed by atoms with van der Waals surface area (Å²) in [4.78, 5) is 13.8. The van der Waals surface area contributed by atoms with Gasteiger partial charge in [-0.1, -0.05) is 0 Å². The summed E-state index contributed by atoms with van der Waals surface area (Å²) in [6.45, 7) is 2.28. The first-order valence-corrected chi connectivity index (χ1v) is 7.43. The molecule has 1 fully saturated rings. The molecule has 0 spiro atoms. The van der Waals surface area contributed by atoms with Crippen LogP contribution in [0.3, 0.4) is 0 Å². The fraction of sp³-hybridized carbons (Fsp3) is 0.917. The highest BCUT2D eigenvalue weighted by atomic mass is 32.2. The van der Waals surface area contributed by atoms with Gasteiger partial charge in [-0.3, -0.25) is 4.79 Å². The largest absolute Gasteiger partial charge is 0.396 e. The number of aliphatic hydroxyl groups excluding tert-OH is 1. The summed E-state index contributed by atoms with van der Waals surface area (Å²) in [5.74, 6) is 0.721. The lowest BCUT2D eigenvalue weighted by molar-refractivity contribution is -0.133. The molecule has 0 aromatic carbocycles. The van der Waals surface area contributed by atoms with Crippen molar-refractivity contribution in [2.45, 2.75) is 19.3 Å². The minimum atomic E-state index is -0.150. The van der Waals surface area contributed by atoms with Crippen LogP contribution in [-0.2, 0) is 9.53 Å². The SMILES string of the molecule is COCC[C@@]1(CO)CCCN(C(=O)CSC)C1. The zero-order chi connectivity index (χ0) is 12.7. The highest BCUT2D eigenvalue weighted by Crippen LogP contribution is 2.33. The Hall–Kier alpha value is -0.260. The second kappa shape index (κ2) is 7.24. The second-order valence-electron chi connectivity index (χ2n) is 4.75. The van der Waals surface area contributed by atoms with E-state index in [1.165, 1.54) is 0 Å². The van der Waals surface area contributed by atoms with E-state index in [9.17, 15) is 9.90 Å². The lowest BCUT2D eigenvalue weighted by Crippen LogP contribution is -2.48. The predicted octanol–water partition coefficient (Wildman–Crippen LogP) is 0.987. The quantitative estimate of drug-likeness (QED) is 0.774. The van der Waals surface area contributed by atoms with Crippen molar-refractivity contribution in [3.8, 4) is 0 Å². The van der Waals surface area contributed by atoms with E-state index in [0.717, 1.165) is 25.8 Å². The number of carbonyl (C=O) groups excluding carboxylic acids is 1. The molecule has 1 saturated heterocycles. The van der Waals surface area contributed by atoms with Gasteiger partial charge in [-0.2, -0.15) is 11.8 Å². The minimum Gasteiger partial charge on any atom is -0.396 e. The lowest BCUT2D eigenvalue weighted by Gasteiger charge is -2.41. The van der Waals surface area contributed by atoms with Gasteiger partial charge in [0.2, 0.25) is 5.91 Å². The van der Waals surface area contributed by atoms with Crippen molar-refractivity contribution in [3.05, 3.63) is 0 Å². The molecule has 0 saturated carbocycles. The van der Waals surface area contributed by atoms with Gasteiger partial charge in [-0.05, 0) is 25.5 Å². The van der Waals surface area contributed by atoms with Crippen molar-refractivity contribution in [1.29, 1.82) is 0 Å². The van der Waals surface area contributed by atoms with Crippen LogP contribution in [0.5, 0.6) is 0 Å². The molecule has 5 heteroatoms. The number of hydrogen-bond donors (Lipinski definition) is 1. The first kappa shape index (κ1) is 14.8. The highest BCUT2D eigenvalue weighted by molar-refractivity contribution is 7.99. The Labute approximate surface area is 108 Å². The van der Waals surface area contributed by atoms with Gasteiger partial charge >= 0.3 is 0 Å². The minimum absolute atomic E-state index is 0.138. The molecule has 1 amide bonds. The standard InChI is InChI=1S/C12H23NO3S/c1-16-7-5-12(10-14)4-3-6-13(9-12)11(15)8-17-2/h14H,3-10H2,1-2H3/t12-/m0/s1. The van der Waals surface area contributed by atoms with E-state index in [0.29, 0.717) is 18.9 Å². The molecule has 0 radical (unpaired) electrons. The van der Waals surface area contributed by atoms with Crippen LogP contribution in [-0.4, -0.2) is 61.3 Å². The van der Waals surface area contributed by atoms with Crippen molar-refractivity contribution < 1.29 is 14.6 Å². The van der Waals surface area contributed by atoms with Crippen LogP contribution in [0, 0.1) is 5.41 Å². The molecule has 0 unspecified atom stereocenters. The Balaban J connectivity index is 2.58. The number of nitrogens with zero attached hydrogens (tertiary/aromatic N) is 1. The normalized spacial score (nSPS) is 25.0. The van der Waals surface area contributed by atoms with Crippen LogP contribution in [0.15, 0.2) is 0 Å².